The fourth-order valence-electron chi connectivity index (χ4n) is 3.89. The minimum atomic E-state index is -3.95. The number of aromatic nitrogens is 4. The lowest BCUT2D eigenvalue weighted by Gasteiger charge is -2.35. The molecule has 4 rings (SSSR count). The van der Waals surface area contributed by atoms with Crippen LogP contribution < -0.4 is 10.6 Å². The van der Waals surface area contributed by atoms with Crippen molar-refractivity contribution in [2.24, 2.45) is 5.73 Å². The largest absolute Gasteiger partial charge is 0.480 e. The van der Waals surface area contributed by atoms with Gasteiger partial charge in [-0.05, 0) is 30.2 Å². The zero-order valence-corrected chi connectivity index (χ0v) is 20.2. The number of carboxylic acids is 1. The Kier molecular flexibility index (Phi) is 7.52. The van der Waals surface area contributed by atoms with Gasteiger partial charge in [0.25, 0.3) is 0 Å². The van der Waals surface area contributed by atoms with Gasteiger partial charge in [-0.1, -0.05) is 12.1 Å². The van der Waals surface area contributed by atoms with Gasteiger partial charge in [0.05, 0.1) is 5.75 Å². The van der Waals surface area contributed by atoms with Crippen LogP contribution in [0.2, 0.25) is 0 Å². The number of benzene rings is 1. The summed E-state index contributed by atoms with van der Waals surface area (Å²) in [5, 5.41) is 9.69. The van der Waals surface area contributed by atoms with E-state index in [1.807, 2.05) is 4.90 Å². The second kappa shape index (κ2) is 10.6. The van der Waals surface area contributed by atoms with Gasteiger partial charge in [0.1, 0.15) is 17.2 Å². The molecule has 1 saturated heterocycles. The predicted molar refractivity (Wildman–Crippen MR) is 130 cm³/mol. The third-order valence-corrected chi connectivity index (χ3v) is 8.04. The second-order valence-electron chi connectivity index (χ2n) is 8.55. The highest BCUT2D eigenvalue weighted by Crippen LogP contribution is 2.22. The van der Waals surface area contributed by atoms with E-state index in [1.165, 1.54) is 28.8 Å². The summed E-state index contributed by atoms with van der Waals surface area (Å²) in [5.74, 6) is -1.62. The Labute approximate surface area is 207 Å². The summed E-state index contributed by atoms with van der Waals surface area (Å²) < 4.78 is 40.5. The number of aryl methyl sites for hydroxylation is 1. The second-order valence-corrected chi connectivity index (χ2v) is 10.5. The van der Waals surface area contributed by atoms with E-state index in [4.69, 9.17) is 5.73 Å². The summed E-state index contributed by atoms with van der Waals surface area (Å²) in [6.07, 6.45) is 6.32. The Morgan fingerprint density at radius 2 is 1.61 bits per heavy atom. The maximum atomic E-state index is 13.1. The Balaban J connectivity index is 1.37. The SMILES string of the molecule is N[C@](CCc1ncccn1)(CS(=O)(=O)N1CCN(c2ncc(-c3ccc(F)cc3)cn2)CC1)C(=O)O. The van der Waals surface area contributed by atoms with Gasteiger partial charge in [-0.3, -0.25) is 4.79 Å². The van der Waals surface area contributed by atoms with Crippen molar-refractivity contribution in [1.82, 2.24) is 24.2 Å². The molecule has 1 aliphatic rings. The summed E-state index contributed by atoms with van der Waals surface area (Å²) in [6, 6.07) is 7.63. The van der Waals surface area contributed by atoms with Gasteiger partial charge in [-0.25, -0.2) is 32.7 Å². The zero-order chi connectivity index (χ0) is 25.8. The third kappa shape index (κ3) is 5.98. The summed E-state index contributed by atoms with van der Waals surface area (Å²) in [7, 11) is -3.95. The highest BCUT2D eigenvalue weighted by Gasteiger charge is 2.41. The van der Waals surface area contributed by atoms with Gasteiger partial charge < -0.3 is 15.7 Å². The molecule has 0 amide bonds. The van der Waals surface area contributed by atoms with Crippen molar-refractivity contribution in [3.05, 3.63) is 66.8 Å². The van der Waals surface area contributed by atoms with Gasteiger partial charge in [-0.2, -0.15) is 4.31 Å². The van der Waals surface area contributed by atoms with Crippen molar-refractivity contribution in [1.29, 1.82) is 0 Å². The Bertz CT molecular complexity index is 1290. The molecule has 0 radical (unpaired) electrons. The van der Waals surface area contributed by atoms with Gasteiger partial charge in [-0.15, -0.1) is 0 Å². The maximum Gasteiger partial charge on any atom is 0.324 e. The molecule has 3 heterocycles. The van der Waals surface area contributed by atoms with Crippen LogP contribution in [0.3, 0.4) is 0 Å². The summed E-state index contributed by atoms with van der Waals surface area (Å²) in [4.78, 5) is 30.6. The normalized spacial score (nSPS) is 16.4. The number of nitrogens with two attached hydrogens (primary N) is 1. The van der Waals surface area contributed by atoms with E-state index in [-0.39, 0.29) is 31.7 Å². The van der Waals surface area contributed by atoms with Crippen LogP contribution >= 0.6 is 0 Å². The lowest BCUT2D eigenvalue weighted by molar-refractivity contribution is -0.142. The van der Waals surface area contributed by atoms with Crippen molar-refractivity contribution in [2.75, 3.05) is 36.8 Å². The number of hydrogen-bond acceptors (Lipinski definition) is 9. The molecule has 0 spiro atoms. The number of nitrogens with zero attached hydrogens (tertiary/aromatic N) is 6. The summed E-state index contributed by atoms with van der Waals surface area (Å²) >= 11 is 0. The number of carbonyl (C=O) groups is 1. The number of halogens is 1. The first kappa shape index (κ1) is 25.5. The number of carboxylic acid groups (broad SMARTS) is 1. The molecule has 3 aromatic rings. The number of piperazine rings is 1. The Morgan fingerprint density at radius 1 is 1.00 bits per heavy atom. The molecular formula is C23H26FN7O4S. The molecule has 1 aromatic carbocycles. The topological polar surface area (TPSA) is 155 Å². The average Bonchev–Trinajstić information content (AvgIpc) is 2.88. The standard InChI is InChI=1S/C23H26FN7O4S/c24-19-4-2-17(3-5-19)18-14-28-22(29-15-18)30-10-12-31(13-11-30)36(34,35)16-23(25,21(32)33)7-6-20-26-8-1-9-27-20/h1-5,8-9,14-15H,6-7,10-13,16,25H2,(H,32,33)/t23-/m1/s1. The number of aliphatic carboxylic acids is 1. The van der Waals surface area contributed by atoms with Crippen LogP contribution in [0.4, 0.5) is 10.3 Å². The van der Waals surface area contributed by atoms with E-state index >= 15 is 0 Å². The van der Waals surface area contributed by atoms with E-state index in [2.05, 4.69) is 19.9 Å². The number of hydrogen-bond donors (Lipinski definition) is 2. The lowest BCUT2D eigenvalue weighted by Crippen LogP contribution is -2.58. The first-order chi connectivity index (χ1) is 17.2. The third-order valence-electron chi connectivity index (χ3n) is 6.01. The Morgan fingerprint density at radius 3 is 2.19 bits per heavy atom. The molecule has 11 nitrogen and oxygen atoms in total. The van der Waals surface area contributed by atoms with Gasteiger partial charge in [0.2, 0.25) is 16.0 Å². The minimum Gasteiger partial charge on any atom is -0.480 e. The van der Waals surface area contributed by atoms with Crippen molar-refractivity contribution in [3.8, 4) is 11.1 Å². The number of anilines is 1. The van der Waals surface area contributed by atoms with E-state index in [0.717, 1.165) is 11.1 Å². The molecule has 1 aliphatic heterocycles. The van der Waals surface area contributed by atoms with Crippen LogP contribution in [-0.2, 0) is 21.2 Å². The van der Waals surface area contributed by atoms with Crippen LogP contribution in [0.5, 0.6) is 0 Å². The zero-order valence-electron chi connectivity index (χ0n) is 19.4. The van der Waals surface area contributed by atoms with Gasteiger partial charge in [0, 0.05) is 63.0 Å². The van der Waals surface area contributed by atoms with Gasteiger partial charge >= 0.3 is 5.97 Å². The average molecular weight is 516 g/mol. The highest BCUT2D eigenvalue weighted by molar-refractivity contribution is 7.89. The summed E-state index contributed by atoms with van der Waals surface area (Å²) in [5.41, 5.74) is 5.59. The molecule has 1 fully saturated rings. The Hall–Kier alpha value is -3.55. The van der Waals surface area contributed by atoms with Crippen molar-refractivity contribution >= 4 is 21.9 Å². The fourth-order valence-corrected chi connectivity index (χ4v) is 5.71. The lowest BCUT2D eigenvalue weighted by atomic mass is 9.97. The first-order valence-corrected chi connectivity index (χ1v) is 12.9. The highest BCUT2D eigenvalue weighted by atomic mass is 32.2. The molecule has 0 saturated carbocycles. The molecule has 0 aliphatic carbocycles. The smallest absolute Gasteiger partial charge is 0.324 e. The quantitative estimate of drug-likeness (QED) is 0.420. The monoisotopic (exact) mass is 515 g/mol. The summed E-state index contributed by atoms with van der Waals surface area (Å²) in [6.45, 7) is 0.945. The molecule has 190 valence electrons. The van der Waals surface area contributed by atoms with Gasteiger partial charge in [0.15, 0.2) is 0 Å². The van der Waals surface area contributed by atoms with Crippen molar-refractivity contribution in [2.45, 2.75) is 18.4 Å². The maximum absolute atomic E-state index is 13.1. The molecule has 36 heavy (non-hydrogen) atoms. The van der Waals surface area contributed by atoms with Crippen molar-refractivity contribution < 1.29 is 22.7 Å². The molecular weight excluding hydrogens is 489 g/mol. The fraction of sp³-hybridized carbons (Fsp3) is 0.348. The molecule has 13 heteroatoms. The molecule has 1 atom stereocenters. The van der Waals surface area contributed by atoms with Crippen LogP contribution in [0, 0.1) is 5.82 Å². The van der Waals surface area contributed by atoms with Crippen LogP contribution in [-0.4, -0.2) is 81.2 Å². The van der Waals surface area contributed by atoms with Crippen LogP contribution in [0.25, 0.3) is 11.1 Å². The number of sulfonamides is 1. The molecule has 0 bridgehead atoms. The predicted octanol–water partition coefficient (Wildman–Crippen LogP) is 0.939. The van der Waals surface area contributed by atoms with Crippen LogP contribution in [0.15, 0.2) is 55.1 Å². The van der Waals surface area contributed by atoms with E-state index in [0.29, 0.717) is 24.9 Å². The van der Waals surface area contributed by atoms with E-state index < -0.39 is 27.3 Å². The van der Waals surface area contributed by atoms with E-state index in [9.17, 15) is 22.7 Å². The van der Waals surface area contributed by atoms with Crippen LogP contribution in [0.1, 0.15) is 12.2 Å². The van der Waals surface area contributed by atoms with Crippen molar-refractivity contribution in [3.63, 3.8) is 0 Å². The molecule has 0 unspecified atom stereocenters. The number of rotatable bonds is 9. The molecule has 3 N–H and O–H groups in total. The van der Waals surface area contributed by atoms with E-state index in [1.54, 1.807) is 30.6 Å². The first-order valence-electron chi connectivity index (χ1n) is 11.3. The minimum absolute atomic E-state index is 0.125. The molecule has 2 aromatic heterocycles.